The Labute approximate surface area is 166 Å². The summed E-state index contributed by atoms with van der Waals surface area (Å²) < 4.78 is 16.6. The molecule has 1 saturated carbocycles. The molecule has 7 nitrogen and oxygen atoms in total. The number of furan rings is 1. The minimum Gasteiger partial charge on any atom is -0.478 e. The molecule has 2 aliphatic rings. The summed E-state index contributed by atoms with van der Waals surface area (Å²) in [4.78, 5) is 36.2. The Morgan fingerprint density at radius 1 is 1.03 bits per heavy atom. The average Bonchev–Trinajstić information content (AvgIpc) is 3.14. The van der Waals surface area contributed by atoms with Crippen molar-refractivity contribution in [3.63, 3.8) is 0 Å². The molecule has 0 radical (unpaired) electrons. The number of aryl methyl sites for hydroxylation is 1. The molecule has 0 unspecified atom stereocenters. The molecule has 2 heterocycles. The molecule has 4 rings (SSSR count). The Balaban J connectivity index is 1.58. The zero-order valence-corrected chi connectivity index (χ0v) is 15.9. The summed E-state index contributed by atoms with van der Waals surface area (Å²) in [6, 6.07) is 8.19. The van der Waals surface area contributed by atoms with Gasteiger partial charge in [-0.1, -0.05) is 18.6 Å². The molecule has 29 heavy (non-hydrogen) atoms. The average molecular weight is 396 g/mol. The van der Waals surface area contributed by atoms with E-state index in [2.05, 4.69) is 0 Å². The Morgan fingerprint density at radius 3 is 2.38 bits per heavy atom. The van der Waals surface area contributed by atoms with E-state index in [4.69, 9.17) is 13.9 Å². The minimum atomic E-state index is -1.13. The van der Waals surface area contributed by atoms with E-state index in [1.165, 1.54) is 12.1 Å². The summed E-state index contributed by atoms with van der Waals surface area (Å²) in [5.74, 6) is -2.91. The number of carboxylic acid groups (broad SMARTS) is 1. The van der Waals surface area contributed by atoms with Gasteiger partial charge in [0.1, 0.15) is 17.1 Å². The van der Waals surface area contributed by atoms with Gasteiger partial charge < -0.3 is 19.0 Å². The highest BCUT2D eigenvalue weighted by Gasteiger charge is 2.46. The number of rotatable bonds is 3. The number of benzene rings is 1. The van der Waals surface area contributed by atoms with Crippen LogP contribution in [0.2, 0.25) is 0 Å². The molecule has 7 heteroatoms. The number of esters is 2. The largest absolute Gasteiger partial charge is 0.478 e. The van der Waals surface area contributed by atoms with Crippen molar-refractivity contribution in [1.82, 2.24) is 0 Å². The lowest BCUT2D eigenvalue weighted by Gasteiger charge is -2.38. The van der Waals surface area contributed by atoms with Crippen LogP contribution in [0.5, 0.6) is 0 Å². The van der Waals surface area contributed by atoms with E-state index in [0.717, 1.165) is 19.3 Å². The maximum atomic E-state index is 12.4. The molecule has 1 N–H and O–H groups in total. The molecule has 2 fully saturated rings. The first kappa shape index (κ1) is 19.0. The highest BCUT2D eigenvalue weighted by atomic mass is 16.7. The van der Waals surface area contributed by atoms with Gasteiger partial charge in [-0.05, 0) is 43.5 Å². The van der Waals surface area contributed by atoms with E-state index in [1.54, 1.807) is 31.2 Å². The van der Waals surface area contributed by atoms with Gasteiger partial charge in [-0.3, -0.25) is 0 Å². The third-order valence-electron chi connectivity index (χ3n) is 5.28. The monoisotopic (exact) mass is 396 g/mol. The lowest BCUT2D eigenvalue weighted by molar-refractivity contribution is -0.244. The molecular formula is C22H20O7. The molecule has 150 valence electrons. The first-order chi connectivity index (χ1) is 13.9. The predicted molar refractivity (Wildman–Crippen MR) is 102 cm³/mol. The van der Waals surface area contributed by atoms with E-state index >= 15 is 0 Å². The summed E-state index contributed by atoms with van der Waals surface area (Å²) in [5, 5.41) is 9.28. The number of hydrogen-bond acceptors (Lipinski definition) is 6. The van der Waals surface area contributed by atoms with Crippen LogP contribution in [0, 0.1) is 6.92 Å². The smallest absolute Gasteiger partial charge is 0.349 e. The highest BCUT2D eigenvalue weighted by molar-refractivity contribution is 6.18. The van der Waals surface area contributed by atoms with Crippen molar-refractivity contribution in [3.8, 4) is 11.3 Å². The molecule has 1 spiro atoms. The van der Waals surface area contributed by atoms with Crippen LogP contribution in [0.3, 0.4) is 0 Å². The number of carbonyl (C=O) groups is 3. The van der Waals surface area contributed by atoms with Gasteiger partial charge in [0.2, 0.25) is 0 Å². The topological polar surface area (TPSA) is 103 Å². The minimum absolute atomic E-state index is 0.177. The molecule has 1 aliphatic heterocycles. The van der Waals surface area contributed by atoms with Crippen LogP contribution in [0.1, 0.15) is 53.8 Å². The second-order valence-electron chi connectivity index (χ2n) is 7.35. The molecule has 1 aromatic heterocycles. The van der Waals surface area contributed by atoms with Crippen LogP contribution in [-0.2, 0) is 19.1 Å². The van der Waals surface area contributed by atoms with Gasteiger partial charge >= 0.3 is 17.9 Å². The quantitative estimate of drug-likeness (QED) is 0.473. The molecule has 1 saturated heterocycles. The number of carbonyl (C=O) groups excluding carboxylic acids is 2. The first-order valence-corrected chi connectivity index (χ1v) is 9.49. The van der Waals surface area contributed by atoms with Crippen molar-refractivity contribution >= 4 is 24.0 Å². The zero-order valence-electron chi connectivity index (χ0n) is 15.9. The van der Waals surface area contributed by atoms with Crippen molar-refractivity contribution in [2.24, 2.45) is 0 Å². The van der Waals surface area contributed by atoms with Gasteiger partial charge in [0, 0.05) is 24.5 Å². The predicted octanol–water partition coefficient (Wildman–Crippen LogP) is 4.10. The van der Waals surface area contributed by atoms with Crippen molar-refractivity contribution in [3.05, 3.63) is 52.8 Å². The third-order valence-corrected chi connectivity index (χ3v) is 5.28. The Kier molecular flexibility index (Phi) is 4.74. The lowest BCUT2D eigenvalue weighted by Crippen LogP contribution is -2.47. The van der Waals surface area contributed by atoms with Crippen molar-refractivity contribution in [2.75, 3.05) is 0 Å². The van der Waals surface area contributed by atoms with Gasteiger partial charge in [0.25, 0.3) is 5.79 Å². The molecule has 0 atom stereocenters. The Morgan fingerprint density at radius 2 is 1.72 bits per heavy atom. The normalized spacial score (nSPS) is 18.3. The molecule has 0 bridgehead atoms. The molecule has 0 amide bonds. The second-order valence-corrected chi connectivity index (χ2v) is 7.35. The lowest BCUT2D eigenvalue weighted by atomic mass is 9.93. The number of hydrogen-bond donors (Lipinski definition) is 1. The van der Waals surface area contributed by atoms with Crippen LogP contribution >= 0.6 is 0 Å². The van der Waals surface area contributed by atoms with Gasteiger partial charge in [0.15, 0.2) is 0 Å². The molecule has 2 aromatic rings. The summed E-state index contributed by atoms with van der Waals surface area (Å²) in [6.07, 6.45) is 5.03. The fourth-order valence-electron chi connectivity index (χ4n) is 3.70. The standard InChI is InChI=1S/C22H20O7/c1-13-5-6-14(11-16(13)19(23)24)18-8-7-15(27-18)12-17-20(25)28-22(29-21(17)26)9-3-2-4-10-22/h5-8,11-12H,2-4,9-10H2,1H3,(H,23,24). The van der Waals surface area contributed by atoms with Crippen LogP contribution < -0.4 is 0 Å². The SMILES string of the molecule is Cc1ccc(-c2ccc(C=C3C(=O)OC4(CCCCC4)OC3=O)o2)cc1C(=O)O. The first-order valence-electron chi connectivity index (χ1n) is 9.49. The van der Waals surface area contributed by atoms with Crippen LogP contribution in [0.15, 0.2) is 40.3 Å². The van der Waals surface area contributed by atoms with Gasteiger partial charge in [0.05, 0.1) is 5.56 Å². The zero-order chi connectivity index (χ0) is 20.6. The maximum Gasteiger partial charge on any atom is 0.349 e. The second kappa shape index (κ2) is 7.24. The van der Waals surface area contributed by atoms with E-state index in [9.17, 15) is 19.5 Å². The van der Waals surface area contributed by atoms with Crippen LogP contribution in [-0.4, -0.2) is 28.8 Å². The summed E-state index contributed by atoms with van der Waals surface area (Å²) in [5.41, 5.74) is 1.17. The molecular weight excluding hydrogens is 376 g/mol. The summed E-state index contributed by atoms with van der Waals surface area (Å²) in [7, 11) is 0. The van der Waals surface area contributed by atoms with Gasteiger partial charge in [-0.25, -0.2) is 14.4 Å². The van der Waals surface area contributed by atoms with Gasteiger partial charge in [-0.15, -0.1) is 0 Å². The number of aromatic carboxylic acids is 1. The summed E-state index contributed by atoms with van der Waals surface area (Å²) >= 11 is 0. The van der Waals surface area contributed by atoms with Crippen LogP contribution in [0.25, 0.3) is 17.4 Å². The number of ether oxygens (including phenoxy) is 2. The Hall–Kier alpha value is -3.35. The van der Waals surface area contributed by atoms with E-state index in [1.807, 2.05) is 0 Å². The molecule has 1 aromatic carbocycles. The van der Waals surface area contributed by atoms with E-state index in [-0.39, 0.29) is 16.9 Å². The maximum absolute atomic E-state index is 12.4. The Bertz CT molecular complexity index is 1000. The third kappa shape index (κ3) is 3.68. The van der Waals surface area contributed by atoms with Crippen molar-refractivity contribution in [1.29, 1.82) is 0 Å². The van der Waals surface area contributed by atoms with E-state index < -0.39 is 23.7 Å². The van der Waals surface area contributed by atoms with Crippen molar-refractivity contribution in [2.45, 2.75) is 44.8 Å². The fourth-order valence-corrected chi connectivity index (χ4v) is 3.70. The summed E-state index contributed by atoms with van der Waals surface area (Å²) in [6.45, 7) is 1.71. The van der Waals surface area contributed by atoms with Crippen LogP contribution in [0.4, 0.5) is 0 Å². The van der Waals surface area contributed by atoms with E-state index in [0.29, 0.717) is 29.7 Å². The van der Waals surface area contributed by atoms with Crippen molar-refractivity contribution < 1.29 is 33.4 Å². The van der Waals surface area contributed by atoms with Gasteiger partial charge in [-0.2, -0.15) is 0 Å². The highest BCUT2D eigenvalue weighted by Crippen LogP contribution is 2.37. The number of carboxylic acids is 1. The molecule has 1 aliphatic carbocycles. The fraction of sp³-hybridized carbons (Fsp3) is 0.318.